The first kappa shape index (κ1) is 25.6. The summed E-state index contributed by atoms with van der Waals surface area (Å²) in [5.41, 5.74) is 3.02. The van der Waals surface area contributed by atoms with Crippen LogP contribution in [0.1, 0.15) is 27.0 Å². The molecule has 7 atom stereocenters. The minimum absolute atomic E-state index is 0.0237. The number of para-hydroxylation sites is 1. The van der Waals surface area contributed by atoms with Gasteiger partial charge in [0.25, 0.3) is 0 Å². The molecule has 2 aromatic rings. The van der Waals surface area contributed by atoms with Gasteiger partial charge in [0.15, 0.2) is 6.23 Å². The van der Waals surface area contributed by atoms with E-state index in [0.29, 0.717) is 0 Å². The molecule has 0 amide bonds. The maximum Gasteiger partial charge on any atom is 0.459 e. The van der Waals surface area contributed by atoms with Gasteiger partial charge in [-0.2, -0.15) is 10.1 Å². The van der Waals surface area contributed by atoms with Gasteiger partial charge in [0, 0.05) is 6.20 Å². The Morgan fingerprint density at radius 2 is 2.00 bits per heavy atom. The van der Waals surface area contributed by atoms with Crippen molar-refractivity contribution in [1.82, 2.24) is 14.6 Å². The van der Waals surface area contributed by atoms with Crippen molar-refractivity contribution < 1.29 is 33.0 Å². The second kappa shape index (κ2) is 9.53. The molecule has 1 aliphatic heterocycles. The molecule has 0 bridgehead atoms. The Kier molecular flexibility index (Phi) is 6.98. The van der Waals surface area contributed by atoms with E-state index in [1.807, 2.05) is 0 Å². The zero-order valence-corrected chi connectivity index (χ0v) is 20.8. The van der Waals surface area contributed by atoms with Gasteiger partial charge < -0.3 is 24.8 Å². The molecule has 12 nitrogen and oxygen atoms in total. The second-order valence-corrected chi connectivity index (χ2v) is 10.7. The molecular weight excluding hydrogens is 503 g/mol. The molecule has 35 heavy (non-hydrogen) atoms. The van der Waals surface area contributed by atoms with Crippen molar-refractivity contribution in [2.75, 3.05) is 5.73 Å². The number of fused-ring (bicyclic) bond motifs is 1. The van der Waals surface area contributed by atoms with E-state index in [9.17, 15) is 19.3 Å². The first-order valence-corrected chi connectivity index (χ1v) is 12.8. The molecule has 2 heterocycles. The number of nitrogen functional groups attached to an aromatic ring is 1. The molecule has 190 valence electrons. The lowest BCUT2D eigenvalue weighted by atomic mass is 10.2. The number of aromatic nitrogens is 2. The van der Waals surface area contributed by atoms with Crippen LogP contribution in [0.5, 0.6) is 5.75 Å². The Morgan fingerprint density at radius 3 is 2.57 bits per heavy atom. The highest BCUT2D eigenvalue weighted by Gasteiger charge is 2.79. The smallest absolute Gasteiger partial charge is 0.459 e. The Hall–Kier alpha value is -2.47. The van der Waals surface area contributed by atoms with Gasteiger partial charge in [-0.05, 0) is 39.0 Å². The Balaban J connectivity index is 1.52. The summed E-state index contributed by atoms with van der Waals surface area (Å²) in [5.74, 6) is -0.445. The van der Waals surface area contributed by atoms with E-state index in [0.717, 1.165) is 4.57 Å². The SMILES string of the molecule is CC(C)OC(=O)C(C)NP(=O)(Oc1ccccc1)OC1C2OC(n3ccc(N)nc3=O)C(Cl)C21O. The standard InChI is InChI=1S/C21H26ClN4O8P/c1-11(2)31-19(27)12(3)25-35(30,33-13-7-5-4-6-8-13)34-17-16-21(17,29)15(22)18(32-16)26-10-9-14(23)24-20(26)28/h4-12,15-18,29H,1-3H3,(H,25,30)(H2,23,24,28). The second-order valence-electron chi connectivity index (χ2n) is 8.54. The van der Waals surface area contributed by atoms with Crippen molar-refractivity contribution in [2.45, 2.75) is 62.3 Å². The average Bonchev–Trinajstić information content (AvgIpc) is 3.22. The van der Waals surface area contributed by atoms with Crippen molar-refractivity contribution in [3.8, 4) is 5.75 Å². The number of carbonyl (C=O) groups is 1. The number of carbonyl (C=O) groups excluding carboxylic acids is 1. The maximum absolute atomic E-state index is 13.7. The van der Waals surface area contributed by atoms with Crippen LogP contribution in [0.15, 0.2) is 47.4 Å². The molecule has 0 spiro atoms. The number of aliphatic hydroxyl groups is 1. The first-order chi connectivity index (χ1) is 16.4. The average molecular weight is 529 g/mol. The van der Waals surface area contributed by atoms with Crippen molar-refractivity contribution in [1.29, 1.82) is 0 Å². The van der Waals surface area contributed by atoms with Gasteiger partial charge in [0.1, 0.15) is 40.8 Å². The molecule has 7 unspecified atom stereocenters. The zero-order chi connectivity index (χ0) is 25.5. The lowest BCUT2D eigenvalue weighted by molar-refractivity contribution is -0.149. The van der Waals surface area contributed by atoms with E-state index < -0.39 is 54.9 Å². The highest BCUT2D eigenvalue weighted by atomic mass is 35.5. The van der Waals surface area contributed by atoms with Crippen LogP contribution in [0, 0.1) is 0 Å². The number of anilines is 1. The number of nitrogens with zero attached hydrogens (tertiary/aromatic N) is 2. The molecule has 2 fully saturated rings. The van der Waals surface area contributed by atoms with Crippen LogP contribution in [-0.2, 0) is 23.4 Å². The lowest BCUT2D eigenvalue weighted by Crippen LogP contribution is -2.39. The molecule has 1 aliphatic carbocycles. The Labute approximate surface area is 205 Å². The molecule has 14 heteroatoms. The Bertz CT molecular complexity index is 1200. The lowest BCUT2D eigenvalue weighted by Gasteiger charge is -2.27. The van der Waals surface area contributed by atoms with E-state index >= 15 is 0 Å². The fourth-order valence-electron chi connectivity index (χ4n) is 3.71. The highest BCUT2D eigenvalue weighted by Crippen LogP contribution is 2.62. The Morgan fingerprint density at radius 1 is 1.31 bits per heavy atom. The predicted octanol–water partition coefficient (Wildman–Crippen LogP) is 1.58. The van der Waals surface area contributed by atoms with Crippen molar-refractivity contribution in [3.05, 3.63) is 53.1 Å². The van der Waals surface area contributed by atoms with Crippen LogP contribution in [-0.4, -0.2) is 56.0 Å². The van der Waals surface area contributed by atoms with E-state index in [4.69, 9.17) is 35.9 Å². The normalized spacial score (nSPS) is 29.8. The van der Waals surface area contributed by atoms with Crippen LogP contribution in [0.25, 0.3) is 0 Å². The van der Waals surface area contributed by atoms with Crippen molar-refractivity contribution in [3.63, 3.8) is 0 Å². The predicted molar refractivity (Wildman–Crippen MR) is 125 cm³/mol. The summed E-state index contributed by atoms with van der Waals surface area (Å²) >= 11 is 6.46. The fourth-order valence-corrected chi connectivity index (χ4v) is 5.85. The number of rotatable bonds is 9. The molecule has 0 radical (unpaired) electrons. The van der Waals surface area contributed by atoms with Gasteiger partial charge in [-0.15, -0.1) is 11.6 Å². The minimum atomic E-state index is -4.27. The third kappa shape index (κ3) is 5.09. The van der Waals surface area contributed by atoms with E-state index in [2.05, 4.69) is 10.1 Å². The van der Waals surface area contributed by atoms with Crippen LogP contribution in [0.2, 0.25) is 0 Å². The van der Waals surface area contributed by atoms with E-state index in [-0.39, 0.29) is 17.7 Å². The van der Waals surface area contributed by atoms with Crippen LogP contribution >= 0.6 is 19.3 Å². The zero-order valence-electron chi connectivity index (χ0n) is 19.1. The number of hydrogen-bond donors (Lipinski definition) is 3. The summed E-state index contributed by atoms with van der Waals surface area (Å²) in [6.07, 6.45) is -2.30. The van der Waals surface area contributed by atoms with Gasteiger partial charge in [0.2, 0.25) is 0 Å². The molecule has 1 saturated heterocycles. The van der Waals surface area contributed by atoms with Gasteiger partial charge >= 0.3 is 19.4 Å². The quantitative estimate of drug-likeness (QED) is 0.246. The van der Waals surface area contributed by atoms with Crippen LogP contribution in [0.3, 0.4) is 0 Å². The van der Waals surface area contributed by atoms with Gasteiger partial charge in [-0.25, -0.2) is 9.36 Å². The third-order valence-electron chi connectivity index (χ3n) is 5.46. The highest BCUT2D eigenvalue weighted by molar-refractivity contribution is 7.52. The summed E-state index contributed by atoms with van der Waals surface area (Å²) in [7, 11) is -4.27. The number of alkyl halides is 1. The number of hydrogen-bond acceptors (Lipinski definition) is 10. The van der Waals surface area contributed by atoms with Crippen molar-refractivity contribution >= 4 is 31.1 Å². The molecule has 1 aromatic heterocycles. The third-order valence-corrected chi connectivity index (χ3v) is 7.68. The number of nitrogens with two attached hydrogens (primary N) is 1. The number of benzene rings is 1. The fraction of sp³-hybridized carbons (Fsp3) is 0.476. The van der Waals surface area contributed by atoms with Crippen LogP contribution < -0.4 is 21.0 Å². The monoisotopic (exact) mass is 528 g/mol. The van der Waals surface area contributed by atoms with E-state index in [1.165, 1.54) is 19.2 Å². The van der Waals surface area contributed by atoms with Crippen molar-refractivity contribution in [2.24, 2.45) is 0 Å². The number of nitrogens with one attached hydrogen (secondary N) is 1. The summed E-state index contributed by atoms with van der Waals surface area (Å²) < 4.78 is 37.0. The van der Waals surface area contributed by atoms with E-state index in [1.54, 1.807) is 44.2 Å². The van der Waals surface area contributed by atoms with Crippen LogP contribution in [0.4, 0.5) is 5.82 Å². The van der Waals surface area contributed by atoms with Gasteiger partial charge in [-0.1, -0.05) is 18.2 Å². The van der Waals surface area contributed by atoms with Gasteiger partial charge in [0.05, 0.1) is 6.10 Å². The van der Waals surface area contributed by atoms with Gasteiger partial charge in [-0.3, -0.25) is 13.9 Å². The number of ether oxygens (including phenoxy) is 2. The first-order valence-electron chi connectivity index (χ1n) is 10.8. The number of esters is 1. The number of halogens is 1. The summed E-state index contributed by atoms with van der Waals surface area (Å²) in [5, 5.41) is 12.5. The molecular formula is C21H26ClN4O8P. The molecule has 4 N–H and O–H groups in total. The summed E-state index contributed by atoms with van der Waals surface area (Å²) in [6.45, 7) is 4.80. The molecule has 2 aliphatic rings. The largest absolute Gasteiger partial charge is 0.462 e. The summed E-state index contributed by atoms with van der Waals surface area (Å²) in [6, 6.07) is 8.48. The topological polar surface area (TPSA) is 164 Å². The summed E-state index contributed by atoms with van der Waals surface area (Å²) in [4.78, 5) is 28.1. The maximum atomic E-state index is 13.7. The molecule has 4 rings (SSSR count). The minimum Gasteiger partial charge on any atom is -0.462 e. The molecule has 1 aromatic carbocycles. The molecule has 1 saturated carbocycles.